The topological polar surface area (TPSA) is 47.6 Å². The highest BCUT2D eigenvalue weighted by atomic mass is 16.5. The Balaban J connectivity index is 1.88. The zero-order chi connectivity index (χ0) is 14.5. The van der Waals surface area contributed by atoms with E-state index in [1.54, 1.807) is 7.11 Å². The molecule has 2 rings (SSSR count). The van der Waals surface area contributed by atoms with E-state index in [2.05, 4.69) is 25.2 Å². The minimum Gasteiger partial charge on any atom is -0.496 e. The lowest BCUT2D eigenvalue weighted by molar-refractivity contribution is -0.129. The highest BCUT2D eigenvalue weighted by Crippen LogP contribution is 2.24. The molecule has 1 unspecified atom stereocenters. The van der Waals surface area contributed by atoms with E-state index in [1.165, 1.54) is 11.1 Å². The van der Waals surface area contributed by atoms with E-state index in [0.717, 1.165) is 30.6 Å². The summed E-state index contributed by atoms with van der Waals surface area (Å²) in [5, 5.41) is 2.95. The Bertz CT molecular complexity index is 479. The van der Waals surface area contributed by atoms with Gasteiger partial charge < -0.3 is 14.8 Å². The zero-order valence-electron chi connectivity index (χ0n) is 12.5. The Morgan fingerprint density at radius 2 is 2.20 bits per heavy atom. The monoisotopic (exact) mass is 277 g/mol. The molecule has 20 heavy (non-hydrogen) atoms. The molecule has 0 radical (unpaired) electrons. The van der Waals surface area contributed by atoms with Gasteiger partial charge in [-0.25, -0.2) is 0 Å². The lowest BCUT2D eigenvalue weighted by atomic mass is 10.00. The van der Waals surface area contributed by atoms with Gasteiger partial charge in [0.25, 0.3) is 0 Å². The van der Waals surface area contributed by atoms with Crippen molar-refractivity contribution in [3.05, 3.63) is 28.8 Å². The smallest absolute Gasteiger partial charge is 0.249 e. The molecule has 4 nitrogen and oxygen atoms in total. The molecular weight excluding hydrogens is 254 g/mol. The van der Waals surface area contributed by atoms with Crippen molar-refractivity contribution in [1.82, 2.24) is 5.32 Å². The maximum atomic E-state index is 11.8. The van der Waals surface area contributed by atoms with Crippen LogP contribution in [0.5, 0.6) is 5.75 Å². The Hall–Kier alpha value is -1.55. The lowest BCUT2D eigenvalue weighted by Crippen LogP contribution is -2.35. The van der Waals surface area contributed by atoms with Crippen molar-refractivity contribution < 1.29 is 14.3 Å². The summed E-state index contributed by atoms with van der Waals surface area (Å²) in [5.41, 5.74) is 3.64. The van der Waals surface area contributed by atoms with Crippen molar-refractivity contribution in [3.63, 3.8) is 0 Å². The molecule has 1 saturated heterocycles. The average Bonchev–Trinajstić information content (AvgIpc) is 2.98. The minimum absolute atomic E-state index is 0.0189. The number of hydrogen-bond acceptors (Lipinski definition) is 3. The van der Waals surface area contributed by atoms with Crippen LogP contribution >= 0.6 is 0 Å². The second-order valence-corrected chi connectivity index (χ2v) is 5.22. The van der Waals surface area contributed by atoms with Crippen LogP contribution in [0.25, 0.3) is 0 Å². The minimum atomic E-state index is -0.242. The summed E-state index contributed by atoms with van der Waals surface area (Å²) in [6.45, 7) is 5.50. The number of amides is 1. The van der Waals surface area contributed by atoms with Gasteiger partial charge in [0.05, 0.1) is 7.11 Å². The Labute approximate surface area is 120 Å². The second-order valence-electron chi connectivity index (χ2n) is 5.22. The van der Waals surface area contributed by atoms with Gasteiger partial charge in [0.2, 0.25) is 5.91 Å². The van der Waals surface area contributed by atoms with Crippen LogP contribution in [0, 0.1) is 13.8 Å². The van der Waals surface area contributed by atoms with Gasteiger partial charge in [-0.1, -0.05) is 6.07 Å². The van der Waals surface area contributed by atoms with Crippen molar-refractivity contribution >= 4 is 5.91 Å². The van der Waals surface area contributed by atoms with E-state index < -0.39 is 0 Å². The van der Waals surface area contributed by atoms with Gasteiger partial charge in [0.1, 0.15) is 11.9 Å². The Morgan fingerprint density at radius 3 is 2.85 bits per heavy atom. The molecule has 1 N–H and O–H groups in total. The number of hydrogen-bond donors (Lipinski definition) is 1. The number of carbonyl (C=O) groups excluding carboxylic acids is 1. The van der Waals surface area contributed by atoms with Gasteiger partial charge in [-0.05, 0) is 55.9 Å². The molecule has 1 atom stereocenters. The highest BCUT2D eigenvalue weighted by molar-refractivity contribution is 5.80. The molecule has 1 amide bonds. The van der Waals surface area contributed by atoms with Crippen LogP contribution in [0.1, 0.15) is 29.5 Å². The molecule has 4 heteroatoms. The first-order valence-corrected chi connectivity index (χ1v) is 7.16. The van der Waals surface area contributed by atoms with Crippen LogP contribution in [0.2, 0.25) is 0 Å². The molecule has 0 saturated carbocycles. The predicted octanol–water partition coefficient (Wildman–Crippen LogP) is 2.15. The van der Waals surface area contributed by atoms with Gasteiger partial charge in [-0.2, -0.15) is 0 Å². The van der Waals surface area contributed by atoms with E-state index in [0.29, 0.717) is 13.2 Å². The Kier molecular flexibility index (Phi) is 5.01. The predicted molar refractivity (Wildman–Crippen MR) is 78.2 cm³/mol. The van der Waals surface area contributed by atoms with Crippen molar-refractivity contribution in [3.8, 4) is 5.75 Å². The maximum Gasteiger partial charge on any atom is 0.249 e. The molecule has 1 aliphatic heterocycles. The lowest BCUT2D eigenvalue weighted by Gasteiger charge is -2.14. The number of rotatable bonds is 5. The number of benzene rings is 1. The highest BCUT2D eigenvalue weighted by Gasteiger charge is 2.22. The molecule has 0 spiro atoms. The van der Waals surface area contributed by atoms with Crippen LogP contribution in [0.3, 0.4) is 0 Å². The zero-order valence-corrected chi connectivity index (χ0v) is 12.5. The SMILES string of the molecule is COc1ccc(CCNC(=O)C2CCCO2)c(C)c1C. The number of nitrogens with one attached hydrogen (secondary N) is 1. The molecule has 110 valence electrons. The van der Waals surface area contributed by atoms with Gasteiger partial charge in [-0.3, -0.25) is 4.79 Å². The third-order valence-electron chi connectivity index (χ3n) is 3.99. The first-order chi connectivity index (χ1) is 9.63. The van der Waals surface area contributed by atoms with E-state index in [1.807, 2.05) is 6.07 Å². The summed E-state index contributed by atoms with van der Waals surface area (Å²) in [5.74, 6) is 0.931. The van der Waals surface area contributed by atoms with E-state index in [4.69, 9.17) is 9.47 Å². The molecule has 1 aromatic rings. The second kappa shape index (κ2) is 6.75. The largest absolute Gasteiger partial charge is 0.496 e. The molecule has 0 aromatic heterocycles. The van der Waals surface area contributed by atoms with Gasteiger partial charge in [-0.15, -0.1) is 0 Å². The molecule has 1 fully saturated rings. The van der Waals surface area contributed by atoms with Crippen LogP contribution in [0.15, 0.2) is 12.1 Å². The Morgan fingerprint density at radius 1 is 1.40 bits per heavy atom. The third kappa shape index (κ3) is 3.31. The summed E-state index contributed by atoms with van der Waals surface area (Å²) in [6, 6.07) is 4.05. The summed E-state index contributed by atoms with van der Waals surface area (Å²) in [4.78, 5) is 11.8. The van der Waals surface area contributed by atoms with Crippen LogP contribution < -0.4 is 10.1 Å². The van der Waals surface area contributed by atoms with E-state index in [9.17, 15) is 4.79 Å². The number of carbonyl (C=O) groups is 1. The number of ether oxygens (including phenoxy) is 2. The van der Waals surface area contributed by atoms with E-state index in [-0.39, 0.29) is 12.0 Å². The first kappa shape index (κ1) is 14.9. The van der Waals surface area contributed by atoms with Gasteiger partial charge in [0, 0.05) is 13.2 Å². The standard InChI is InChI=1S/C16H23NO3/c1-11-12(2)14(19-3)7-6-13(11)8-9-17-16(18)15-5-4-10-20-15/h6-7,15H,4-5,8-10H2,1-3H3,(H,17,18). The average molecular weight is 277 g/mol. The summed E-state index contributed by atoms with van der Waals surface area (Å²) >= 11 is 0. The first-order valence-electron chi connectivity index (χ1n) is 7.16. The fourth-order valence-corrected chi connectivity index (χ4v) is 2.56. The summed E-state index contributed by atoms with van der Waals surface area (Å²) in [7, 11) is 1.68. The molecular formula is C16H23NO3. The van der Waals surface area contributed by atoms with Gasteiger partial charge in [0.15, 0.2) is 0 Å². The van der Waals surface area contributed by atoms with Crippen molar-refractivity contribution in [2.24, 2.45) is 0 Å². The fraction of sp³-hybridized carbons (Fsp3) is 0.562. The van der Waals surface area contributed by atoms with E-state index >= 15 is 0 Å². The van der Waals surface area contributed by atoms with Crippen LogP contribution in [0.4, 0.5) is 0 Å². The van der Waals surface area contributed by atoms with Crippen molar-refractivity contribution in [2.45, 2.75) is 39.2 Å². The van der Waals surface area contributed by atoms with Crippen LogP contribution in [-0.2, 0) is 16.0 Å². The molecule has 0 bridgehead atoms. The van der Waals surface area contributed by atoms with Crippen molar-refractivity contribution in [2.75, 3.05) is 20.3 Å². The molecule has 1 aliphatic rings. The van der Waals surface area contributed by atoms with Crippen molar-refractivity contribution in [1.29, 1.82) is 0 Å². The molecule has 1 aromatic carbocycles. The molecule has 0 aliphatic carbocycles. The molecule has 1 heterocycles. The maximum absolute atomic E-state index is 11.8. The van der Waals surface area contributed by atoms with Gasteiger partial charge >= 0.3 is 0 Å². The quantitative estimate of drug-likeness (QED) is 0.897. The normalized spacial score (nSPS) is 18.1. The van der Waals surface area contributed by atoms with Crippen LogP contribution in [-0.4, -0.2) is 32.3 Å². The summed E-state index contributed by atoms with van der Waals surface area (Å²) in [6.07, 6.45) is 2.41. The fourth-order valence-electron chi connectivity index (χ4n) is 2.56. The third-order valence-corrected chi connectivity index (χ3v) is 3.99. The number of methoxy groups -OCH3 is 1. The summed E-state index contributed by atoms with van der Waals surface area (Å²) < 4.78 is 10.7.